The molecular weight excluding hydrogens is 528 g/mol. The summed E-state index contributed by atoms with van der Waals surface area (Å²) in [5, 5.41) is 11.6. The highest BCUT2D eigenvalue weighted by atomic mass is 19.4. The minimum absolute atomic E-state index is 0.0895. The van der Waals surface area contributed by atoms with Crippen molar-refractivity contribution in [2.75, 3.05) is 5.32 Å². The first-order chi connectivity index (χ1) is 19.0. The number of anilines is 1. The number of benzene rings is 3. The maximum atomic E-state index is 13.6. The third-order valence-corrected chi connectivity index (χ3v) is 6.90. The van der Waals surface area contributed by atoms with Crippen LogP contribution in [0, 0.1) is 11.2 Å². The maximum absolute atomic E-state index is 13.6. The van der Waals surface area contributed by atoms with Crippen LogP contribution in [-0.2, 0) is 29.1 Å². The van der Waals surface area contributed by atoms with E-state index in [1.165, 1.54) is 6.07 Å². The quantitative estimate of drug-likeness (QED) is 0.316. The lowest BCUT2D eigenvalue weighted by Crippen LogP contribution is -2.23. The van der Waals surface area contributed by atoms with E-state index >= 15 is 0 Å². The Kier molecular flexibility index (Phi) is 8.56. The molecule has 2 amide bonds. The Hall–Kier alpha value is -4.21. The Labute approximate surface area is 228 Å². The highest BCUT2D eigenvalue weighted by molar-refractivity contribution is 5.98. The Morgan fingerprint density at radius 1 is 0.950 bits per heavy atom. The van der Waals surface area contributed by atoms with Crippen molar-refractivity contribution in [2.24, 2.45) is 5.41 Å². The molecule has 3 aromatic carbocycles. The zero-order chi connectivity index (χ0) is 28.9. The number of amides is 2. The number of nitrogens with one attached hydrogen (secondary N) is 1. The van der Waals surface area contributed by atoms with Crippen molar-refractivity contribution in [3.8, 4) is 0 Å². The molecule has 0 saturated heterocycles. The van der Waals surface area contributed by atoms with Gasteiger partial charge in [-0.05, 0) is 54.7 Å². The lowest BCUT2D eigenvalue weighted by atomic mass is 9.96. The van der Waals surface area contributed by atoms with Gasteiger partial charge in [-0.15, -0.1) is 0 Å². The number of aliphatic carboxylic acids is 1. The summed E-state index contributed by atoms with van der Waals surface area (Å²) in [7, 11) is 0. The third-order valence-electron chi connectivity index (χ3n) is 6.90. The molecule has 2 N–H and O–H groups in total. The lowest BCUT2D eigenvalue weighted by Gasteiger charge is -2.15. The molecule has 2 aliphatic rings. The molecule has 0 bridgehead atoms. The molecule has 3 aromatic rings. The number of halogens is 4. The molecule has 5 rings (SSSR count). The highest BCUT2D eigenvalue weighted by Crippen LogP contribution is 2.48. The first-order valence-corrected chi connectivity index (χ1v) is 12.8. The van der Waals surface area contributed by atoms with Crippen molar-refractivity contribution in [2.45, 2.75) is 51.4 Å². The van der Waals surface area contributed by atoms with Gasteiger partial charge in [0.1, 0.15) is 5.82 Å². The van der Waals surface area contributed by atoms with Crippen LogP contribution in [0.15, 0.2) is 72.8 Å². The molecule has 0 atom stereocenters. The van der Waals surface area contributed by atoms with Gasteiger partial charge in [0.15, 0.2) is 0 Å². The molecule has 0 spiro atoms. The van der Waals surface area contributed by atoms with E-state index in [4.69, 9.17) is 5.11 Å². The molecular formula is C30H28F4N2O4. The number of carbonyl (C=O) groups excluding carboxylic acids is 2. The highest BCUT2D eigenvalue weighted by Gasteiger charge is 2.49. The number of nitrogens with zero attached hydrogens (tertiary/aromatic N) is 1. The molecule has 1 aliphatic heterocycles. The average Bonchev–Trinajstić information content (AvgIpc) is 3.62. The molecule has 0 aromatic heterocycles. The number of rotatable bonds is 8. The first kappa shape index (κ1) is 28.8. The molecule has 40 heavy (non-hydrogen) atoms. The fourth-order valence-electron chi connectivity index (χ4n) is 4.53. The van der Waals surface area contributed by atoms with E-state index in [1.807, 2.05) is 30.3 Å². The van der Waals surface area contributed by atoms with E-state index in [1.54, 1.807) is 41.3 Å². The fraction of sp³-hybridized carbons (Fsp3) is 0.300. The van der Waals surface area contributed by atoms with E-state index in [-0.39, 0.29) is 11.7 Å². The number of fused-ring (bicyclic) bond motifs is 1. The summed E-state index contributed by atoms with van der Waals surface area (Å²) in [4.78, 5) is 36.4. The fourth-order valence-corrected chi connectivity index (χ4v) is 4.53. The molecule has 6 nitrogen and oxygen atoms in total. The summed E-state index contributed by atoms with van der Waals surface area (Å²) in [6.45, 7) is 0.878. The van der Waals surface area contributed by atoms with Crippen molar-refractivity contribution >= 4 is 23.5 Å². The van der Waals surface area contributed by atoms with Crippen LogP contribution in [0.4, 0.5) is 23.2 Å². The molecule has 1 fully saturated rings. The Bertz CT molecular complexity index is 1390. The van der Waals surface area contributed by atoms with Crippen molar-refractivity contribution in [3.63, 3.8) is 0 Å². The molecule has 1 saturated carbocycles. The number of carbonyl (C=O) groups is 3. The summed E-state index contributed by atoms with van der Waals surface area (Å²) in [5.41, 5.74) is 2.46. The van der Waals surface area contributed by atoms with Crippen LogP contribution in [0.2, 0.25) is 0 Å². The van der Waals surface area contributed by atoms with Gasteiger partial charge in [-0.25, -0.2) is 4.39 Å². The van der Waals surface area contributed by atoms with Crippen LogP contribution >= 0.6 is 0 Å². The molecule has 1 heterocycles. The van der Waals surface area contributed by atoms with Gasteiger partial charge >= 0.3 is 12.1 Å². The molecule has 0 radical (unpaired) electrons. The van der Waals surface area contributed by atoms with Crippen molar-refractivity contribution in [1.29, 1.82) is 0 Å². The first-order valence-electron chi connectivity index (χ1n) is 12.8. The smallest absolute Gasteiger partial charge is 0.389 e. The summed E-state index contributed by atoms with van der Waals surface area (Å²) in [6, 6.07) is 21.0. The molecule has 10 heteroatoms. The Balaban J connectivity index is 0.000000188. The van der Waals surface area contributed by atoms with Crippen molar-refractivity contribution < 1.29 is 37.1 Å². The third kappa shape index (κ3) is 7.46. The zero-order valence-corrected chi connectivity index (χ0v) is 21.5. The Morgan fingerprint density at radius 3 is 2.25 bits per heavy atom. The van der Waals surface area contributed by atoms with E-state index in [0.29, 0.717) is 49.2 Å². The van der Waals surface area contributed by atoms with Crippen LogP contribution in [0.5, 0.6) is 0 Å². The topological polar surface area (TPSA) is 86.7 Å². The van der Waals surface area contributed by atoms with Crippen LogP contribution < -0.4 is 5.32 Å². The van der Waals surface area contributed by atoms with Gasteiger partial charge in [0, 0.05) is 29.8 Å². The second-order valence-electron chi connectivity index (χ2n) is 10.0. The van der Waals surface area contributed by atoms with Gasteiger partial charge in [-0.1, -0.05) is 48.5 Å². The van der Waals surface area contributed by atoms with Gasteiger partial charge in [0.25, 0.3) is 5.91 Å². The van der Waals surface area contributed by atoms with Crippen LogP contribution in [-0.4, -0.2) is 34.0 Å². The predicted molar refractivity (Wildman–Crippen MR) is 140 cm³/mol. The number of hydrogen-bond acceptors (Lipinski definition) is 3. The number of carboxylic acid groups (broad SMARTS) is 1. The summed E-state index contributed by atoms with van der Waals surface area (Å²) in [5.74, 6) is -1.94. The van der Waals surface area contributed by atoms with Crippen molar-refractivity contribution in [3.05, 3.63) is 101 Å². The van der Waals surface area contributed by atoms with E-state index < -0.39 is 36.3 Å². The second-order valence-corrected chi connectivity index (χ2v) is 10.0. The van der Waals surface area contributed by atoms with Crippen LogP contribution in [0.1, 0.15) is 52.7 Å². The Morgan fingerprint density at radius 2 is 1.62 bits per heavy atom. The van der Waals surface area contributed by atoms with Crippen LogP contribution in [0.25, 0.3) is 0 Å². The molecule has 1 aliphatic carbocycles. The predicted octanol–water partition coefficient (Wildman–Crippen LogP) is 6.36. The van der Waals surface area contributed by atoms with Crippen molar-refractivity contribution in [1.82, 2.24) is 4.90 Å². The molecule has 0 unspecified atom stereocenters. The monoisotopic (exact) mass is 556 g/mol. The minimum atomic E-state index is -4.36. The standard InChI is InChI=1S/C15H16F3NO3.C15H12FNO/c16-15(17,18)5-4-12(20)19-11-3-1-2-10(8-11)9-14(6-7-14)13(21)22;16-14-8-4-7-12-13(14)10-17(15(12)18)9-11-5-2-1-3-6-11/h1-3,8H,4-7,9H2,(H,19,20)(H,21,22);1-8H,9-10H2. The molecule has 210 valence electrons. The van der Waals surface area contributed by atoms with Gasteiger partial charge in [-0.2, -0.15) is 13.2 Å². The van der Waals surface area contributed by atoms with Crippen LogP contribution in [0.3, 0.4) is 0 Å². The largest absolute Gasteiger partial charge is 0.481 e. The van der Waals surface area contributed by atoms with Gasteiger partial charge < -0.3 is 15.3 Å². The van der Waals surface area contributed by atoms with Gasteiger partial charge in [0.2, 0.25) is 5.91 Å². The number of alkyl halides is 3. The zero-order valence-electron chi connectivity index (χ0n) is 21.5. The van der Waals surface area contributed by atoms with E-state index in [2.05, 4.69) is 5.32 Å². The number of carboxylic acids is 1. The summed E-state index contributed by atoms with van der Waals surface area (Å²) >= 11 is 0. The van der Waals surface area contributed by atoms with Gasteiger partial charge in [-0.3, -0.25) is 14.4 Å². The van der Waals surface area contributed by atoms with E-state index in [9.17, 15) is 31.9 Å². The normalized spacial score (nSPS) is 15.1. The minimum Gasteiger partial charge on any atom is -0.481 e. The average molecular weight is 557 g/mol. The lowest BCUT2D eigenvalue weighted by molar-refractivity contribution is -0.143. The SMILES string of the molecule is O=C(CCC(F)(F)F)Nc1cccc(CC2(C(=O)O)CC2)c1.O=C1c2cccc(F)c2CN1Cc1ccccc1. The second kappa shape index (κ2) is 11.9. The number of hydrogen-bond donors (Lipinski definition) is 2. The van der Waals surface area contributed by atoms with E-state index in [0.717, 1.165) is 11.1 Å². The van der Waals surface area contributed by atoms with Gasteiger partial charge in [0.05, 0.1) is 18.4 Å². The summed E-state index contributed by atoms with van der Waals surface area (Å²) < 4.78 is 49.8. The maximum Gasteiger partial charge on any atom is 0.389 e. The summed E-state index contributed by atoms with van der Waals surface area (Å²) in [6.07, 6.45) is -4.57.